The Labute approximate surface area is 168 Å². The zero-order valence-corrected chi connectivity index (χ0v) is 16.3. The smallest absolute Gasteiger partial charge is 0.196 e. The Bertz CT molecular complexity index is 1020. The lowest BCUT2D eigenvalue weighted by molar-refractivity contribution is 0.340. The Hall–Kier alpha value is -3.12. The highest BCUT2D eigenvalue weighted by Crippen LogP contribution is 2.29. The first kappa shape index (κ1) is 18.3. The van der Waals surface area contributed by atoms with Gasteiger partial charge in [0, 0.05) is 29.4 Å². The third-order valence-corrected chi connectivity index (χ3v) is 5.17. The molecule has 0 atom stereocenters. The normalized spacial score (nSPS) is 10.8. The maximum absolute atomic E-state index is 5.51. The third-order valence-electron chi connectivity index (χ3n) is 4.17. The summed E-state index contributed by atoms with van der Waals surface area (Å²) in [6, 6.07) is 22.2. The first-order chi connectivity index (χ1) is 13.8. The number of nitrogens with zero attached hydrogens (tertiary/aromatic N) is 4. The monoisotopic (exact) mass is 388 g/mol. The summed E-state index contributed by atoms with van der Waals surface area (Å²) < 4.78 is 7.59. The van der Waals surface area contributed by atoms with Gasteiger partial charge in [-0.1, -0.05) is 42.1 Å². The van der Waals surface area contributed by atoms with E-state index in [0.717, 1.165) is 33.7 Å². The molecule has 6 heteroatoms. The predicted octanol–water partition coefficient (Wildman–Crippen LogP) is 5.02. The molecule has 0 unspecified atom stereocenters. The van der Waals surface area contributed by atoms with Crippen LogP contribution in [0.3, 0.4) is 0 Å². The van der Waals surface area contributed by atoms with Crippen molar-refractivity contribution in [2.75, 3.05) is 6.61 Å². The van der Waals surface area contributed by atoms with Crippen molar-refractivity contribution in [2.45, 2.75) is 17.8 Å². The van der Waals surface area contributed by atoms with Crippen molar-refractivity contribution >= 4 is 11.8 Å². The van der Waals surface area contributed by atoms with Gasteiger partial charge < -0.3 is 4.74 Å². The molecule has 2 heterocycles. The van der Waals surface area contributed by atoms with E-state index in [1.54, 1.807) is 18.0 Å². The fraction of sp³-hybridized carbons (Fsp3) is 0.136. The molecule has 0 bridgehead atoms. The first-order valence-corrected chi connectivity index (χ1v) is 10.1. The van der Waals surface area contributed by atoms with Crippen LogP contribution in [0.4, 0.5) is 0 Å². The minimum atomic E-state index is 0.672. The fourth-order valence-electron chi connectivity index (χ4n) is 2.85. The summed E-state index contributed by atoms with van der Waals surface area (Å²) in [4.78, 5) is 4.22. The summed E-state index contributed by atoms with van der Waals surface area (Å²) in [6.45, 7) is 2.66. The number of pyridine rings is 1. The van der Waals surface area contributed by atoms with Gasteiger partial charge in [0.25, 0.3) is 0 Å². The highest BCUT2D eigenvalue weighted by Gasteiger charge is 2.16. The summed E-state index contributed by atoms with van der Waals surface area (Å²) in [7, 11) is 0. The molecular formula is C22H20N4OS. The lowest BCUT2D eigenvalue weighted by Crippen LogP contribution is -1.99. The van der Waals surface area contributed by atoms with Gasteiger partial charge in [0.05, 0.1) is 6.61 Å². The summed E-state index contributed by atoms with van der Waals surface area (Å²) in [5, 5.41) is 9.75. The van der Waals surface area contributed by atoms with Crippen LogP contribution < -0.4 is 4.74 Å². The molecule has 0 saturated carbocycles. The average Bonchev–Trinajstić information content (AvgIpc) is 3.19. The standard InChI is InChI=1S/C22H20N4OS/c1-2-27-20-12-10-17(11-13-20)16-28-22-25-24-21(18-7-6-14-23-15-18)26(22)19-8-4-3-5-9-19/h3-15H,2,16H2,1H3. The molecule has 0 aliphatic heterocycles. The molecule has 0 spiro atoms. The number of benzene rings is 2. The van der Waals surface area contributed by atoms with Crippen molar-refractivity contribution in [3.8, 4) is 22.8 Å². The van der Waals surface area contributed by atoms with E-state index in [-0.39, 0.29) is 0 Å². The first-order valence-electron chi connectivity index (χ1n) is 9.11. The van der Waals surface area contributed by atoms with Crippen LogP contribution in [0.2, 0.25) is 0 Å². The van der Waals surface area contributed by atoms with Gasteiger partial charge in [-0.15, -0.1) is 10.2 Å². The SMILES string of the molecule is CCOc1ccc(CSc2nnc(-c3cccnc3)n2-c2ccccc2)cc1. The predicted molar refractivity (Wildman–Crippen MR) is 112 cm³/mol. The number of thioether (sulfide) groups is 1. The fourth-order valence-corrected chi connectivity index (χ4v) is 3.76. The second-order valence-electron chi connectivity index (χ2n) is 6.08. The zero-order chi connectivity index (χ0) is 19.2. The van der Waals surface area contributed by atoms with Crippen molar-refractivity contribution in [1.82, 2.24) is 19.7 Å². The van der Waals surface area contributed by atoms with Crippen LogP contribution in [-0.2, 0) is 5.75 Å². The molecule has 2 aromatic heterocycles. The lowest BCUT2D eigenvalue weighted by atomic mass is 10.2. The molecule has 0 aliphatic rings. The van der Waals surface area contributed by atoms with Crippen molar-refractivity contribution in [1.29, 1.82) is 0 Å². The molecule has 28 heavy (non-hydrogen) atoms. The minimum absolute atomic E-state index is 0.672. The van der Waals surface area contributed by atoms with E-state index >= 15 is 0 Å². The maximum atomic E-state index is 5.51. The van der Waals surface area contributed by atoms with Crippen molar-refractivity contribution in [3.05, 3.63) is 84.7 Å². The van der Waals surface area contributed by atoms with Crippen LogP contribution in [0.25, 0.3) is 17.1 Å². The molecule has 2 aromatic carbocycles. The molecule has 0 amide bonds. The number of hydrogen-bond acceptors (Lipinski definition) is 5. The van der Waals surface area contributed by atoms with E-state index in [0.29, 0.717) is 6.61 Å². The van der Waals surface area contributed by atoms with Crippen LogP contribution in [0.5, 0.6) is 5.75 Å². The molecule has 0 N–H and O–H groups in total. The van der Waals surface area contributed by atoms with Gasteiger partial charge in [0.2, 0.25) is 0 Å². The van der Waals surface area contributed by atoms with Gasteiger partial charge in [0.1, 0.15) is 5.75 Å². The molecule has 4 rings (SSSR count). The van der Waals surface area contributed by atoms with Crippen molar-refractivity contribution in [3.63, 3.8) is 0 Å². The van der Waals surface area contributed by atoms with E-state index in [4.69, 9.17) is 4.74 Å². The van der Waals surface area contributed by atoms with E-state index in [2.05, 4.69) is 44.0 Å². The molecule has 0 aliphatic carbocycles. The van der Waals surface area contributed by atoms with Crippen LogP contribution in [0.15, 0.2) is 84.3 Å². The summed E-state index contributed by atoms with van der Waals surface area (Å²) in [5.41, 5.74) is 3.17. The van der Waals surface area contributed by atoms with E-state index in [1.807, 2.05) is 55.6 Å². The van der Waals surface area contributed by atoms with Gasteiger partial charge in [-0.25, -0.2) is 0 Å². The van der Waals surface area contributed by atoms with Crippen LogP contribution in [0.1, 0.15) is 12.5 Å². The van der Waals surface area contributed by atoms with Crippen LogP contribution >= 0.6 is 11.8 Å². The van der Waals surface area contributed by atoms with Gasteiger partial charge in [-0.05, 0) is 48.9 Å². The largest absolute Gasteiger partial charge is 0.494 e. The molecule has 0 saturated heterocycles. The highest BCUT2D eigenvalue weighted by molar-refractivity contribution is 7.98. The quantitative estimate of drug-likeness (QED) is 0.416. The molecule has 140 valence electrons. The number of ether oxygens (including phenoxy) is 1. The number of para-hydroxylation sites is 1. The topological polar surface area (TPSA) is 52.8 Å². The second-order valence-corrected chi connectivity index (χ2v) is 7.03. The Morgan fingerprint density at radius 2 is 1.75 bits per heavy atom. The highest BCUT2D eigenvalue weighted by atomic mass is 32.2. The zero-order valence-electron chi connectivity index (χ0n) is 15.5. The van der Waals surface area contributed by atoms with E-state index in [1.165, 1.54) is 5.56 Å². The number of hydrogen-bond donors (Lipinski definition) is 0. The van der Waals surface area contributed by atoms with Crippen molar-refractivity contribution in [2.24, 2.45) is 0 Å². The minimum Gasteiger partial charge on any atom is -0.494 e. The Morgan fingerprint density at radius 3 is 2.46 bits per heavy atom. The van der Waals surface area contributed by atoms with Crippen LogP contribution in [0, 0.1) is 0 Å². The van der Waals surface area contributed by atoms with Gasteiger partial charge in [-0.3, -0.25) is 9.55 Å². The number of rotatable bonds is 7. The van der Waals surface area contributed by atoms with Gasteiger partial charge >= 0.3 is 0 Å². The molecular weight excluding hydrogens is 368 g/mol. The number of aromatic nitrogens is 4. The Kier molecular flexibility index (Phi) is 5.68. The molecule has 0 radical (unpaired) electrons. The summed E-state index contributed by atoms with van der Waals surface area (Å²) in [5.74, 6) is 2.47. The third kappa shape index (κ3) is 4.07. The van der Waals surface area contributed by atoms with Gasteiger partial charge in [-0.2, -0.15) is 0 Å². The van der Waals surface area contributed by atoms with E-state index < -0.39 is 0 Å². The molecule has 5 nitrogen and oxygen atoms in total. The van der Waals surface area contributed by atoms with Crippen molar-refractivity contribution < 1.29 is 4.74 Å². The maximum Gasteiger partial charge on any atom is 0.196 e. The average molecular weight is 388 g/mol. The molecule has 4 aromatic rings. The van der Waals surface area contributed by atoms with Gasteiger partial charge in [0.15, 0.2) is 11.0 Å². The lowest BCUT2D eigenvalue weighted by Gasteiger charge is -2.10. The summed E-state index contributed by atoms with van der Waals surface area (Å²) >= 11 is 1.66. The second kappa shape index (κ2) is 8.71. The summed E-state index contributed by atoms with van der Waals surface area (Å²) in [6.07, 6.45) is 3.57. The van der Waals surface area contributed by atoms with Crippen LogP contribution in [-0.4, -0.2) is 26.4 Å². The van der Waals surface area contributed by atoms with E-state index in [9.17, 15) is 0 Å². The Morgan fingerprint density at radius 1 is 0.929 bits per heavy atom. The Balaban J connectivity index is 1.63. The molecule has 0 fully saturated rings.